The van der Waals surface area contributed by atoms with Crippen LogP contribution in [-0.4, -0.2) is 160 Å². The van der Waals surface area contributed by atoms with E-state index < -0.39 is 35.3 Å². The van der Waals surface area contributed by atoms with E-state index in [2.05, 4.69) is 47.6 Å². The summed E-state index contributed by atoms with van der Waals surface area (Å²) in [6.07, 6.45) is 3.25. The number of ether oxygens (including phenoxy) is 3. The number of imide groups is 2. The summed E-state index contributed by atoms with van der Waals surface area (Å²) in [6.45, 7) is 13.3. The zero-order valence-corrected chi connectivity index (χ0v) is 39.7. The van der Waals surface area contributed by atoms with Crippen molar-refractivity contribution in [2.45, 2.75) is 44.9 Å². The number of hydrogen-bond donors (Lipinski definition) is 5. The van der Waals surface area contributed by atoms with Crippen LogP contribution in [0.1, 0.15) is 53.1 Å². The fourth-order valence-electron chi connectivity index (χ4n) is 8.52. The summed E-state index contributed by atoms with van der Waals surface area (Å²) in [7, 11) is 0. The molecule has 2 fully saturated rings. The summed E-state index contributed by atoms with van der Waals surface area (Å²) >= 11 is 0. The maximum absolute atomic E-state index is 13.4. The van der Waals surface area contributed by atoms with Crippen LogP contribution >= 0.6 is 0 Å². The number of amides is 5. The number of carbonyl (C=O) groups is 5. The molecule has 1 unspecified atom stereocenters. The fourth-order valence-corrected chi connectivity index (χ4v) is 8.52. The van der Waals surface area contributed by atoms with E-state index in [1.54, 1.807) is 61.0 Å². The number of aliphatic hydroxyl groups is 1. The van der Waals surface area contributed by atoms with E-state index in [1.807, 2.05) is 24.3 Å². The van der Waals surface area contributed by atoms with Crippen molar-refractivity contribution in [1.29, 1.82) is 0 Å². The maximum atomic E-state index is 13.4. The lowest BCUT2D eigenvalue weighted by Crippen LogP contribution is -2.54. The van der Waals surface area contributed by atoms with Crippen LogP contribution in [0.3, 0.4) is 0 Å². The molecule has 3 aliphatic rings. The molecule has 5 aromatic rings. The summed E-state index contributed by atoms with van der Waals surface area (Å²) in [6, 6.07) is 17.0. The van der Waals surface area contributed by atoms with E-state index in [-0.39, 0.29) is 42.0 Å². The zero-order chi connectivity index (χ0) is 50.1. The minimum Gasteiger partial charge on any atom is -0.384 e. The van der Waals surface area contributed by atoms with Crippen molar-refractivity contribution in [2.24, 2.45) is 0 Å². The predicted molar refractivity (Wildman–Crippen MR) is 262 cm³/mol. The molecular formula is C49H58N12O10. The van der Waals surface area contributed by atoms with Gasteiger partial charge in [0.05, 0.1) is 69.6 Å². The first-order valence-corrected chi connectivity index (χ1v) is 23.5. The second kappa shape index (κ2) is 22.6. The molecule has 0 bridgehead atoms. The molecule has 3 aliphatic heterocycles. The van der Waals surface area contributed by atoms with Crippen molar-refractivity contribution in [3.63, 3.8) is 0 Å². The smallest absolute Gasteiger partial charge is 0.278 e. The molecule has 22 nitrogen and oxygen atoms in total. The number of piperazine rings is 1. The quantitative estimate of drug-likeness (QED) is 0.0356. The van der Waals surface area contributed by atoms with Crippen molar-refractivity contribution in [3.05, 3.63) is 107 Å². The van der Waals surface area contributed by atoms with Crippen molar-refractivity contribution >= 4 is 63.6 Å². The van der Waals surface area contributed by atoms with Gasteiger partial charge in [-0.1, -0.05) is 18.2 Å². The maximum Gasteiger partial charge on any atom is 0.278 e. The first-order chi connectivity index (χ1) is 34.3. The number of hydrogen-bond acceptors (Lipinski definition) is 17. The first kappa shape index (κ1) is 50.0. The van der Waals surface area contributed by atoms with Crippen molar-refractivity contribution in [3.8, 4) is 5.82 Å². The van der Waals surface area contributed by atoms with Crippen LogP contribution in [0, 0.1) is 0 Å². The first-order valence-electron chi connectivity index (χ1n) is 23.5. The van der Waals surface area contributed by atoms with Crippen molar-refractivity contribution < 1.29 is 43.3 Å². The highest BCUT2D eigenvalue weighted by molar-refractivity contribution is 6.25. The second-order valence-corrected chi connectivity index (χ2v) is 17.6. The van der Waals surface area contributed by atoms with Crippen LogP contribution < -0.4 is 31.7 Å². The van der Waals surface area contributed by atoms with Crippen LogP contribution in [0.15, 0.2) is 84.3 Å². The molecule has 1 atom stereocenters. The average Bonchev–Trinajstić information content (AvgIpc) is 3.77. The molecule has 6 heterocycles. The SMILES string of the molecule is C=CCn1c(=O)c2cnc(Nc3ccc(N4CCN(CC(=O)NCCOCCOCCOCCNc5cccc6c5C(=O)N(C5CCC(=O)NC5=O)C6=O)CC4)cc3)nc2n1-c1cccc(C(C)(C)O)n1. The molecule has 0 radical (unpaired) electrons. The Labute approximate surface area is 408 Å². The fraction of sp³-hybridized carbons (Fsp3) is 0.408. The Morgan fingerprint density at radius 2 is 1.58 bits per heavy atom. The monoisotopic (exact) mass is 974 g/mol. The number of benzene rings is 2. The molecule has 2 aromatic carbocycles. The second-order valence-electron chi connectivity index (χ2n) is 17.6. The summed E-state index contributed by atoms with van der Waals surface area (Å²) in [5.41, 5.74) is 1.98. The van der Waals surface area contributed by atoms with E-state index in [0.29, 0.717) is 93.5 Å². The molecule has 0 saturated carbocycles. The van der Waals surface area contributed by atoms with E-state index >= 15 is 0 Å². The molecule has 5 N–H and O–H groups in total. The topological polar surface area (TPSA) is 257 Å². The van der Waals surface area contributed by atoms with Crippen LogP contribution in [0.25, 0.3) is 16.9 Å². The minimum absolute atomic E-state index is 0.0509. The third-order valence-corrected chi connectivity index (χ3v) is 12.1. The Morgan fingerprint density at radius 3 is 2.28 bits per heavy atom. The van der Waals surface area contributed by atoms with Gasteiger partial charge >= 0.3 is 0 Å². The summed E-state index contributed by atoms with van der Waals surface area (Å²) in [5, 5.41) is 22.4. The van der Waals surface area contributed by atoms with Crippen molar-refractivity contribution in [2.75, 3.05) is 101 Å². The van der Waals surface area contributed by atoms with Crippen LogP contribution in [-0.2, 0) is 40.7 Å². The molecule has 374 valence electrons. The number of piperidine rings is 1. The molecule has 22 heteroatoms. The normalized spacial score (nSPS) is 16.4. The van der Waals surface area contributed by atoms with Crippen LogP contribution in [0.2, 0.25) is 0 Å². The van der Waals surface area contributed by atoms with Gasteiger partial charge in [-0.25, -0.2) is 19.3 Å². The molecule has 5 amide bonds. The number of carbonyl (C=O) groups excluding carboxylic acids is 5. The Morgan fingerprint density at radius 1 is 0.873 bits per heavy atom. The van der Waals surface area contributed by atoms with Crippen LogP contribution in [0.4, 0.5) is 23.0 Å². The van der Waals surface area contributed by atoms with Gasteiger partial charge in [-0.2, -0.15) is 4.98 Å². The third-order valence-electron chi connectivity index (χ3n) is 12.1. The van der Waals surface area contributed by atoms with E-state index in [9.17, 15) is 33.9 Å². The highest BCUT2D eigenvalue weighted by Gasteiger charge is 2.45. The summed E-state index contributed by atoms with van der Waals surface area (Å²) < 4.78 is 19.9. The molecule has 0 aliphatic carbocycles. The number of pyridine rings is 1. The van der Waals surface area contributed by atoms with Gasteiger partial charge in [0.1, 0.15) is 17.0 Å². The summed E-state index contributed by atoms with van der Waals surface area (Å²) in [4.78, 5) is 95.4. The number of rotatable bonds is 23. The Bertz CT molecular complexity index is 2830. The average molecular weight is 975 g/mol. The highest BCUT2D eigenvalue weighted by atomic mass is 16.5. The number of nitrogens with zero attached hydrogens (tertiary/aromatic N) is 8. The third kappa shape index (κ3) is 11.8. The standard InChI is InChI=1S/C49H58N12O10/c1-4-19-59-45(65)35-30-52-48(56-43(35)61(59)39-10-6-9-38(54-39)49(2,3)68)53-32-11-13-33(14-12-32)58-22-20-57(21-23-58)31-41(63)51-18-25-70-27-29-71-28-26-69-24-17-50-36-8-5-7-34-42(36)47(67)60(46(34)66)37-15-16-40(62)55-44(37)64/h4-14,30,37,50,68H,1,15-29,31H2,2-3H3,(H,51,63)(H,52,53,56)(H,55,62,64). The minimum atomic E-state index is -1.19. The summed E-state index contributed by atoms with van der Waals surface area (Å²) in [5.74, 6) is -1.58. The van der Waals surface area contributed by atoms with Gasteiger partial charge in [0.25, 0.3) is 17.4 Å². The van der Waals surface area contributed by atoms with Gasteiger partial charge in [0.2, 0.25) is 23.7 Å². The molecule has 8 rings (SSSR count). The number of anilines is 4. The van der Waals surface area contributed by atoms with Gasteiger partial charge in [-0.15, -0.1) is 6.58 Å². The number of aromatic nitrogens is 5. The molecule has 71 heavy (non-hydrogen) atoms. The molecule has 3 aromatic heterocycles. The van der Waals surface area contributed by atoms with Crippen molar-refractivity contribution in [1.82, 2.24) is 44.7 Å². The Kier molecular flexibility index (Phi) is 15.9. The van der Waals surface area contributed by atoms with Gasteiger partial charge in [-0.05, 0) is 68.8 Å². The predicted octanol–water partition coefficient (Wildman–Crippen LogP) is 1.94. The largest absolute Gasteiger partial charge is 0.384 e. The van der Waals surface area contributed by atoms with Gasteiger partial charge in [0, 0.05) is 68.9 Å². The van der Waals surface area contributed by atoms with Gasteiger partial charge in [0.15, 0.2) is 11.5 Å². The highest BCUT2D eigenvalue weighted by Crippen LogP contribution is 2.32. The number of allylic oxidation sites excluding steroid dienone is 1. The lowest BCUT2D eigenvalue weighted by molar-refractivity contribution is -0.136. The van der Waals surface area contributed by atoms with E-state index in [1.165, 1.54) is 10.9 Å². The molecule has 0 spiro atoms. The number of nitrogens with one attached hydrogen (secondary N) is 4. The van der Waals surface area contributed by atoms with E-state index in [0.717, 1.165) is 42.5 Å². The number of fused-ring (bicyclic) bond motifs is 2. The van der Waals surface area contributed by atoms with Gasteiger partial charge < -0.3 is 40.2 Å². The van der Waals surface area contributed by atoms with Gasteiger partial charge in [-0.3, -0.25) is 43.9 Å². The molecular weight excluding hydrogens is 917 g/mol. The van der Waals surface area contributed by atoms with Crippen LogP contribution in [0.5, 0.6) is 0 Å². The Balaban J connectivity index is 0.681. The zero-order valence-electron chi connectivity index (χ0n) is 39.7. The van der Waals surface area contributed by atoms with E-state index in [4.69, 9.17) is 19.2 Å². The Hall–Kier alpha value is -7.37. The molecule has 2 saturated heterocycles. The lowest BCUT2D eigenvalue weighted by atomic mass is 10.0. The lowest BCUT2D eigenvalue weighted by Gasteiger charge is -2.35.